The minimum Gasteiger partial charge on any atom is -0.478 e. The molecule has 4 heteroatoms. The van der Waals surface area contributed by atoms with Crippen LogP contribution in [-0.2, 0) is 9.53 Å². The van der Waals surface area contributed by atoms with E-state index < -0.39 is 14.0 Å². The van der Waals surface area contributed by atoms with E-state index in [9.17, 15) is 9.90 Å². The average Bonchev–Trinajstić information content (AvgIpc) is 3.23. The fourth-order valence-electron chi connectivity index (χ4n) is 4.29. The summed E-state index contributed by atoms with van der Waals surface area (Å²) in [5.74, 6) is -0.704. The lowest BCUT2D eigenvalue weighted by Gasteiger charge is -2.39. The molecule has 1 aliphatic carbocycles. The summed E-state index contributed by atoms with van der Waals surface area (Å²) in [7, 11) is -1.39. The van der Waals surface area contributed by atoms with Crippen molar-refractivity contribution < 1.29 is 14.6 Å². The van der Waals surface area contributed by atoms with Gasteiger partial charge in [-0.05, 0) is 63.8 Å². The molecule has 27 heavy (non-hydrogen) atoms. The molecule has 3 atom stereocenters. The smallest absolute Gasteiger partial charge is 0.331 e. The average molecular weight is 391 g/mol. The van der Waals surface area contributed by atoms with Gasteiger partial charge in [0.1, 0.15) is 5.60 Å². The molecule has 0 unspecified atom stereocenters. The number of hydrogen-bond acceptors (Lipinski definition) is 2. The fraction of sp³-hybridized carbons (Fsp3) is 0.696. The maximum atomic E-state index is 11.9. The number of aliphatic carboxylic acids is 1. The van der Waals surface area contributed by atoms with E-state index >= 15 is 0 Å². The first-order chi connectivity index (χ1) is 12.4. The van der Waals surface area contributed by atoms with Crippen LogP contribution in [0, 0.1) is 5.41 Å². The molecule has 1 fully saturated rings. The maximum Gasteiger partial charge on any atom is 0.331 e. The van der Waals surface area contributed by atoms with Crippen molar-refractivity contribution in [2.24, 2.45) is 5.41 Å². The van der Waals surface area contributed by atoms with Crippen molar-refractivity contribution in [2.45, 2.75) is 96.7 Å². The predicted molar refractivity (Wildman–Crippen MR) is 116 cm³/mol. The zero-order valence-electron chi connectivity index (χ0n) is 18.2. The van der Waals surface area contributed by atoms with E-state index in [-0.39, 0.29) is 11.0 Å². The highest BCUT2D eigenvalue weighted by molar-refractivity contribution is 6.76. The van der Waals surface area contributed by atoms with Gasteiger partial charge >= 0.3 is 5.97 Å². The van der Waals surface area contributed by atoms with Crippen molar-refractivity contribution in [1.82, 2.24) is 0 Å². The Morgan fingerprint density at radius 3 is 2.56 bits per heavy atom. The van der Waals surface area contributed by atoms with Crippen molar-refractivity contribution in [3.05, 3.63) is 35.5 Å². The molecule has 0 aromatic carbocycles. The molecule has 0 aromatic heterocycles. The minimum absolute atomic E-state index is 0.0147. The van der Waals surface area contributed by atoms with Crippen LogP contribution in [0.15, 0.2) is 35.5 Å². The van der Waals surface area contributed by atoms with Crippen molar-refractivity contribution in [3.8, 4) is 0 Å². The van der Waals surface area contributed by atoms with Crippen LogP contribution in [-0.4, -0.2) is 30.9 Å². The molecular formula is C23H38O3Si. The summed E-state index contributed by atoms with van der Waals surface area (Å²) in [5.41, 5.74) is 3.17. The predicted octanol–water partition coefficient (Wildman–Crippen LogP) is 6.36. The number of carbonyl (C=O) groups is 1. The van der Waals surface area contributed by atoms with E-state index in [1.54, 1.807) is 0 Å². The van der Waals surface area contributed by atoms with Crippen LogP contribution in [0.5, 0.6) is 0 Å². The number of hydrogen-bond donors (Lipinski definition) is 1. The molecule has 2 aliphatic rings. The van der Waals surface area contributed by atoms with Gasteiger partial charge in [0.05, 0.1) is 6.10 Å². The van der Waals surface area contributed by atoms with Crippen LogP contribution in [0.4, 0.5) is 0 Å². The van der Waals surface area contributed by atoms with Crippen LogP contribution in [0.1, 0.15) is 59.3 Å². The molecule has 0 bridgehead atoms. The molecule has 1 heterocycles. The van der Waals surface area contributed by atoms with Crippen LogP contribution >= 0.6 is 0 Å². The molecule has 3 nitrogen and oxygen atoms in total. The third-order valence-electron chi connectivity index (χ3n) is 6.30. The number of rotatable bonds is 9. The van der Waals surface area contributed by atoms with Gasteiger partial charge in [0, 0.05) is 13.6 Å². The summed E-state index contributed by atoms with van der Waals surface area (Å²) >= 11 is 0. The normalized spacial score (nSPS) is 31.8. The zero-order chi connectivity index (χ0) is 20.5. The largest absolute Gasteiger partial charge is 0.478 e. The van der Waals surface area contributed by atoms with Crippen molar-refractivity contribution >= 4 is 14.0 Å². The molecule has 2 rings (SSSR count). The SMILES string of the molecule is C=C[C@]1(C)O[C@H]1CC/C(C)=C/C[C@@]1(C)CCCC(C(=O)O)=C1C[Si](C)(C)C. The monoisotopic (exact) mass is 390 g/mol. The van der Waals surface area contributed by atoms with Crippen LogP contribution in [0.3, 0.4) is 0 Å². The summed E-state index contributed by atoms with van der Waals surface area (Å²) in [6.45, 7) is 17.4. The van der Waals surface area contributed by atoms with Gasteiger partial charge in [-0.3, -0.25) is 0 Å². The van der Waals surface area contributed by atoms with Crippen LogP contribution < -0.4 is 0 Å². The minimum atomic E-state index is -1.39. The van der Waals surface area contributed by atoms with Crippen molar-refractivity contribution in [2.75, 3.05) is 0 Å². The van der Waals surface area contributed by atoms with E-state index in [4.69, 9.17) is 4.74 Å². The topological polar surface area (TPSA) is 49.8 Å². The molecular weight excluding hydrogens is 352 g/mol. The summed E-state index contributed by atoms with van der Waals surface area (Å²) in [5, 5.41) is 9.76. The van der Waals surface area contributed by atoms with Gasteiger partial charge in [-0.15, -0.1) is 6.58 Å². The third kappa shape index (κ3) is 5.67. The Labute approximate surface area is 166 Å². The molecule has 152 valence electrons. The number of epoxide rings is 1. The van der Waals surface area contributed by atoms with Gasteiger partial charge in [-0.1, -0.05) is 49.9 Å². The van der Waals surface area contributed by atoms with Gasteiger partial charge in [0.2, 0.25) is 0 Å². The Morgan fingerprint density at radius 1 is 1.37 bits per heavy atom. The summed E-state index contributed by atoms with van der Waals surface area (Å²) in [6.07, 6.45) is 10.4. The van der Waals surface area contributed by atoms with E-state index in [1.807, 2.05) is 6.08 Å². The van der Waals surface area contributed by atoms with Gasteiger partial charge in [-0.2, -0.15) is 0 Å². The maximum absolute atomic E-state index is 11.9. The summed E-state index contributed by atoms with van der Waals surface area (Å²) in [6, 6.07) is 0.992. The summed E-state index contributed by atoms with van der Waals surface area (Å²) < 4.78 is 5.72. The highest BCUT2D eigenvalue weighted by Gasteiger charge is 2.48. The van der Waals surface area contributed by atoms with Gasteiger partial charge in [0.15, 0.2) is 0 Å². The Kier molecular flexibility index (Phi) is 6.63. The second-order valence-electron chi connectivity index (χ2n) is 10.2. The van der Waals surface area contributed by atoms with E-state index in [2.05, 4.69) is 53.1 Å². The Bertz CT molecular complexity index is 655. The van der Waals surface area contributed by atoms with Crippen LogP contribution in [0.2, 0.25) is 25.7 Å². The lowest BCUT2D eigenvalue weighted by atomic mass is 9.69. The number of carboxylic acid groups (broad SMARTS) is 1. The third-order valence-corrected chi connectivity index (χ3v) is 7.71. The Hall–Kier alpha value is -1.13. The molecule has 0 aromatic rings. The van der Waals surface area contributed by atoms with Gasteiger partial charge in [0.25, 0.3) is 0 Å². The number of carboxylic acids is 1. The van der Waals surface area contributed by atoms with Gasteiger partial charge in [-0.25, -0.2) is 4.79 Å². The lowest BCUT2D eigenvalue weighted by molar-refractivity contribution is -0.133. The second kappa shape index (κ2) is 8.08. The van der Waals surface area contributed by atoms with Crippen molar-refractivity contribution in [1.29, 1.82) is 0 Å². The molecule has 1 aliphatic heterocycles. The highest BCUT2D eigenvalue weighted by atomic mass is 28.3. The highest BCUT2D eigenvalue weighted by Crippen LogP contribution is 2.47. The standard InChI is InChI=1S/C23H38O3Si/c1-8-23(4)20(26-23)12-11-17(2)13-15-22(3)14-9-10-18(21(24)25)19(22)16-27(5,6)7/h8,13,20H,1,9-12,14-16H2,2-7H3,(H,24,25)/b17-13+/t20-,22+,23-/m0/s1. The van der Waals surface area contributed by atoms with Crippen molar-refractivity contribution in [3.63, 3.8) is 0 Å². The first-order valence-electron chi connectivity index (χ1n) is 10.3. The molecule has 0 spiro atoms. The molecule has 1 N–H and O–H groups in total. The second-order valence-corrected chi connectivity index (χ2v) is 15.7. The zero-order valence-corrected chi connectivity index (χ0v) is 19.2. The summed E-state index contributed by atoms with van der Waals surface area (Å²) in [4.78, 5) is 11.9. The first kappa shape index (κ1) is 22.2. The quantitative estimate of drug-likeness (QED) is 0.283. The fourth-order valence-corrected chi connectivity index (χ4v) is 5.99. The molecule has 0 radical (unpaired) electrons. The molecule has 0 amide bonds. The van der Waals surface area contributed by atoms with Gasteiger partial charge < -0.3 is 9.84 Å². The molecule has 1 saturated heterocycles. The van der Waals surface area contributed by atoms with E-state index in [0.717, 1.165) is 44.6 Å². The lowest BCUT2D eigenvalue weighted by Crippen LogP contribution is -2.32. The van der Waals surface area contributed by atoms with Crippen LogP contribution in [0.25, 0.3) is 0 Å². The first-order valence-corrected chi connectivity index (χ1v) is 14.0. The van der Waals surface area contributed by atoms with E-state index in [1.165, 1.54) is 11.1 Å². The number of ether oxygens (including phenoxy) is 1. The molecule has 0 saturated carbocycles. The Balaban J connectivity index is 2.10. The number of allylic oxidation sites excluding steroid dienone is 3. The van der Waals surface area contributed by atoms with E-state index in [0.29, 0.717) is 11.7 Å². The Morgan fingerprint density at radius 2 is 2.04 bits per heavy atom.